The number of rotatable bonds is 7. The van der Waals surface area contributed by atoms with Gasteiger partial charge in [0.05, 0.1) is 12.6 Å². The highest BCUT2D eigenvalue weighted by Gasteiger charge is 2.09. The summed E-state index contributed by atoms with van der Waals surface area (Å²) < 4.78 is 5.77. The molecular weight excluding hydrogens is 262 g/mol. The molecule has 1 unspecified atom stereocenters. The van der Waals surface area contributed by atoms with Crippen LogP contribution in [0.1, 0.15) is 12.5 Å². The summed E-state index contributed by atoms with van der Waals surface area (Å²) in [4.78, 5) is 2.14. The van der Waals surface area contributed by atoms with Crippen LogP contribution < -0.4 is 9.64 Å². The van der Waals surface area contributed by atoms with Crippen LogP contribution in [-0.2, 0) is 0 Å². The van der Waals surface area contributed by atoms with Gasteiger partial charge in [0.25, 0.3) is 0 Å². The van der Waals surface area contributed by atoms with E-state index in [0.29, 0.717) is 13.2 Å². The zero-order valence-electron chi connectivity index (χ0n) is 12.7. The number of ether oxygens (including phenoxy) is 1. The average molecular weight is 285 g/mol. The van der Waals surface area contributed by atoms with Gasteiger partial charge in [-0.05, 0) is 38.1 Å². The number of aliphatic hydroxyl groups excluding tert-OH is 1. The Morgan fingerprint density at radius 2 is 1.71 bits per heavy atom. The average Bonchev–Trinajstić information content (AvgIpc) is 2.49. The van der Waals surface area contributed by atoms with Crippen molar-refractivity contribution in [3.8, 4) is 5.75 Å². The van der Waals surface area contributed by atoms with Crippen LogP contribution >= 0.6 is 0 Å². The van der Waals surface area contributed by atoms with E-state index < -0.39 is 0 Å². The van der Waals surface area contributed by atoms with E-state index in [-0.39, 0.29) is 6.10 Å². The van der Waals surface area contributed by atoms with E-state index in [1.54, 1.807) is 6.92 Å². The third-order valence-corrected chi connectivity index (χ3v) is 3.26. The molecule has 0 bridgehead atoms. The van der Waals surface area contributed by atoms with Crippen LogP contribution in [-0.4, -0.2) is 30.9 Å². The molecule has 0 spiro atoms. The van der Waals surface area contributed by atoms with Crippen LogP contribution in [0.5, 0.6) is 5.75 Å². The highest BCUT2D eigenvalue weighted by molar-refractivity contribution is 5.46. The first kappa shape index (κ1) is 15.4. The second-order valence-electron chi connectivity index (χ2n) is 5.29. The molecule has 0 saturated heterocycles. The largest absolute Gasteiger partial charge is 0.492 e. The fourth-order valence-corrected chi connectivity index (χ4v) is 2.19. The van der Waals surface area contributed by atoms with E-state index in [1.165, 1.54) is 5.56 Å². The van der Waals surface area contributed by atoms with Crippen molar-refractivity contribution in [2.24, 2.45) is 0 Å². The molecule has 0 aliphatic rings. The maximum atomic E-state index is 9.65. The molecule has 3 heteroatoms. The van der Waals surface area contributed by atoms with E-state index in [1.807, 2.05) is 54.6 Å². The van der Waals surface area contributed by atoms with Gasteiger partial charge in [0.1, 0.15) is 12.4 Å². The molecule has 0 aliphatic heterocycles. The normalized spacial score (nSPS) is 12.0. The van der Waals surface area contributed by atoms with E-state index in [2.05, 4.69) is 11.8 Å². The smallest absolute Gasteiger partial charge is 0.119 e. The van der Waals surface area contributed by atoms with Gasteiger partial charge in [-0.25, -0.2) is 0 Å². The summed E-state index contributed by atoms with van der Waals surface area (Å²) >= 11 is 0. The standard InChI is InChI=1S/C18H23NO2/c1-15-8-10-18(11-9-15)21-13-12-19(14-16(2)20)17-6-4-3-5-7-17/h3-11,16,20H,12-14H2,1-2H3. The van der Waals surface area contributed by atoms with E-state index >= 15 is 0 Å². The number of para-hydroxylation sites is 1. The Bertz CT molecular complexity index is 523. The van der Waals surface area contributed by atoms with Crippen LogP contribution in [0.15, 0.2) is 54.6 Å². The Morgan fingerprint density at radius 3 is 2.33 bits per heavy atom. The lowest BCUT2D eigenvalue weighted by Gasteiger charge is -2.26. The van der Waals surface area contributed by atoms with Crippen molar-refractivity contribution in [3.63, 3.8) is 0 Å². The number of benzene rings is 2. The number of hydrogen-bond acceptors (Lipinski definition) is 3. The Morgan fingerprint density at radius 1 is 1.05 bits per heavy atom. The summed E-state index contributed by atoms with van der Waals surface area (Å²) in [6.07, 6.45) is -0.371. The van der Waals surface area contributed by atoms with E-state index in [4.69, 9.17) is 4.74 Å². The highest BCUT2D eigenvalue weighted by Crippen LogP contribution is 2.15. The van der Waals surface area contributed by atoms with Gasteiger partial charge in [-0.1, -0.05) is 35.9 Å². The van der Waals surface area contributed by atoms with Gasteiger partial charge in [0.2, 0.25) is 0 Å². The molecule has 0 radical (unpaired) electrons. The molecule has 21 heavy (non-hydrogen) atoms. The first-order chi connectivity index (χ1) is 10.1. The highest BCUT2D eigenvalue weighted by atomic mass is 16.5. The van der Waals surface area contributed by atoms with Gasteiger partial charge in [-0.15, -0.1) is 0 Å². The predicted octanol–water partition coefficient (Wildman–Crippen LogP) is 3.26. The predicted molar refractivity (Wildman–Crippen MR) is 87.0 cm³/mol. The summed E-state index contributed by atoms with van der Waals surface area (Å²) in [7, 11) is 0. The van der Waals surface area contributed by atoms with Gasteiger partial charge in [0.15, 0.2) is 0 Å². The zero-order valence-corrected chi connectivity index (χ0v) is 12.7. The summed E-state index contributed by atoms with van der Waals surface area (Å²) in [5.74, 6) is 0.880. The molecule has 0 aromatic heterocycles. The fourth-order valence-electron chi connectivity index (χ4n) is 2.19. The third kappa shape index (κ3) is 5.12. The maximum absolute atomic E-state index is 9.65. The van der Waals surface area contributed by atoms with Crippen molar-refractivity contribution < 1.29 is 9.84 Å². The van der Waals surface area contributed by atoms with Crippen molar-refractivity contribution in [3.05, 3.63) is 60.2 Å². The molecule has 0 heterocycles. The Labute approximate surface area is 126 Å². The molecule has 1 atom stereocenters. The van der Waals surface area contributed by atoms with Crippen molar-refractivity contribution in [2.45, 2.75) is 20.0 Å². The van der Waals surface area contributed by atoms with Crippen molar-refractivity contribution in [2.75, 3.05) is 24.6 Å². The molecule has 0 saturated carbocycles. The van der Waals surface area contributed by atoms with Crippen molar-refractivity contribution >= 4 is 5.69 Å². The molecule has 2 rings (SSSR count). The van der Waals surface area contributed by atoms with Gasteiger partial charge < -0.3 is 14.7 Å². The second kappa shape index (κ2) is 7.70. The molecule has 0 fully saturated rings. The van der Waals surface area contributed by atoms with Gasteiger partial charge in [-0.3, -0.25) is 0 Å². The van der Waals surface area contributed by atoms with Gasteiger partial charge in [0, 0.05) is 12.2 Å². The summed E-state index contributed by atoms with van der Waals surface area (Å²) in [6.45, 7) is 5.79. The van der Waals surface area contributed by atoms with Gasteiger partial charge >= 0.3 is 0 Å². The first-order valence-corrected chi connectivity index (χ1v) is 7.32. The first-order valence-electron chi connectivity index (χ1n) is 7.32. The van der Waals surface area contributed by atoms with Crippen LogP contribution in [0.2, 0.25) is 0 Å². The lowest BCUT2D eigenvalue weighted by Crippen LogP contribution is -2.34. The molecule has 1 N–H and O–H groups in total. The minimum absolute atomic E-state index is 0.371. The number of anilines is 1. The minimum Gasteiger partial charge on any atom is -0.492 e. The van der Waals surface area contributed by atoms with E-state index in [9.17, 15) is 5.11 Å². The van der Waals surface area contributed by atoms with Crippen LogP contribution in [0.4, 0.5) is 5.69 Å². The Balaban J connectivity index is 1.91. The summed E-state index contributed by atoms with van der Waals surface area (Å²) in [6, 6.07) is 18.2. The fraction of sp³-hybridized carbons (Fsp3) is 0.333. The van der Waals surface area contributed by atoms with E-state index in [0.717, 1.165) is 18.0 Å². The number of aryl methyl sites for hydroxylation is 1. The molecular formula is C18H23NO2. The molecule has 0 amide bonds. The molecule has 3 nitrogen and oxygen atoms in total. The lowest BCUT2D eigenvalue weighted by atomic mass is 10.2. The van der Waals surface area contributed by atoms with Gasteiger partial charge in [-0.2, -0.15) is 0 Å². The Kier molecular flexibility index (Phi) is 5.64. The molecule has 2 aromatic rings. The molecule has 0 aliphatic carbocycles. The van der Waals surface area contributed by atoms with Crippen molar-refractivity contribution in [1.29, 1.82) is 0 Å². The zero-order chi connectivity index (χ0) is 15.1. The number of nitrogens with zero attached hydrogens (tertiary/aromatic N) is 1. The SMILES string of the molecule is Cc1ccc(OCCN(CC(C)O)c2ccccc2)cc1. The van der Waals surface area contributed by atoms with Crippen LogP contribution in [0.3, 0.4) is 0 Å². The summed E-state index contributed by atoms with van der Waals surface area (Å²) in [5.41, 5.74) is 2.33. The minimum atomic E-state index is -0.371. The number of hydrogen-bond donors (Lipinski definition) is 1. The van der Waals surface area contributed by atoms with Crippen LogP contribution in [0.25, 0.3) is 0 Å². The molecule has 2 aromatic carbocycles. The second-order valence-corrected chi connectivity index (χ2v) is 5.29. The van der Waals surface area contributed by atoms with Crippen molar-refractivity contribution in [1.82, 2.24) is 0 Å². The molecule has 112 valence electrons. The summed E-state index contributed by atoms with van der Waals surface area (Å²) in [5, 5.41) is 9.65. The lowest BCUT2D eigenvalue weighted by molar-refractivity contribution is 0.197. The Hall–Kier alpha value is -2.00. The number of aliphatic hydroxyl groups is 1. The third-order valence-electron chi connectivity index (χ3n) is 3.26. The quantitative estimate of drug-likeness (QED) is 0.847. The maximum Gasteiger partial charge on any atom is 0.119 e. The van der Waals surface area contributed by atoms with Crippen LogP contribution in [0, 0.1) is 6.92 Å². The monoisotopic (exact) mass is 285 g/mol. The topological polar surface area (TPSA) is 32.7 Å².